The Morgan fingerprint density at radius 2 is 1.85 bits per heavy atom. The van der Waals surface area contributed by atoms with Crippen molar-refractivity contribution in [3.8, 4) is 5.75 Å². The molecule has 1 fully saturated rings. The predicted molar refractivity (Wildman–Crippen MR) is 109 cm³/mol. The number of nitrogens with zero attached hydrogens (tertiary/aromatic N) is 2. The van der Waals surface area contributed by atoms with Crippen LogP contribution in [0.3, 0.4) is 0 Å². The Morgan fingerprint density at radius 1 is 1.07 bits per heavy atom. The maximum atomic E-state index is 12.1. The van der Waals surface area contributed by atoms with Gasteiger partial charge in [0.25, 0.3) is 0 Å². The zero-order chi connectivity index (χ0) is 19.1. The van der Waals surface area contributed by atoms with Gasteiger partial charge in [0, 0.05) is 45.7 Å². The minimum Gasteiger partial charge on any atom is -0.495 e. The van der Waals surface area contributed by atoms with E-state index in [2.05, 4.69) is 40.2 Å². The molecule has 2 aromatic rings. The average molecular weight is 367 g/mol. The van der Waals surface area contributed by atoms with E-state index >= 15 is 0 Å². The van der Waals surface area contributed by atoms with Gasteiger partial charge in [0.2, 0.25) is 5.91 Å². The molecule has 5 nitrogen and oxygen atoms in total. The molecule has 1 saturated heterocycles. The highest BCUT2D eigenvalue weighted by Crippen LogP contribution is 2.28. The minimum absolute atomic E-state index is 0.115. The molecule has 0 atom stereocenters. The summed E-state index contributed by atoms with van der Waals surface area (Å²) in [5.74, 6) is 1.03. The molecule has 3 rings (SSSR count). The van der Waals surface area contributed by atoms with E-state index in [0.717, 1.165) is 49.7 Å². The monoisotopic (exact) mass is 367 g/mol. The van der Waals surface area contributed by atoms with Crippen molar-refractivity contribution < 1.29 is 9.53 Å². The summed E-state index contributed by atoms with van der Waals surface area (Å²) in [6, 6.07) is 16.4. The standard InChI is InChI=1S/C22H29N3O2/c1-18-6-5-7-19(16-18)17-23-22(26)10-11-24-12-14-25(15-13-24)20-8-3-4-9-21(20)27-2/h3-9,16H,10-15,17H2,1-2H3,(H,23,26). The number of methoxy groups -OCH3 is 1. The molecule has 1 amide bonds. The average Bonchev–Trinajstić information content (AvgIpc) is 2.71. The number of carbonyl (C=O) groups is 1. The van der Waals surface area contributed by atoms with E-state index < -0.39 is 0 Å². The number of ether oxygens (including phenoxy) is 1. The Hall–Kier alpha value is -2.53. The number of benzene rings is 2. The fourth-order valence-electron chi connectivity index (χ4n) is 3.47. The molecule has 0 aliphatic carbocycles. The van der Waals surface area contributed by atoms with Crippen LogP contribution in [0.2, 0.25) is 0 Å². The molecule has 0 unspecified atom stereocenters. The number of hydrogen-bond acceptors (Lipinski definition) is 4. The number of rotatable bonds is 7. The highest BCUT2D eigenvalue weighted by atomic mass is 16.5. The largest absolute Gasteiger partial charge is 0.495 e. The van der Waals surface area contributed by atoms with Crippen molar-refractivity contribution in [2.24, 2.45) is 0 Å². The topological polar surface area (TPSA) is 44.8 Å². The van der Waals surface area contributed by atoms with Gasteiger partial charge in [0.15, 0.2) is 0 Å². The van der Waals surface area contributed by atoms with Crippen molar-refractivity contribution in [3.05, 3.63) is 59.7 Å². The number of aryl methyl sites for hydroxylation is 1. The summed E-state index contributed by atoms with van der Waals surface area (Å²) >= 11 is 0. The van der Waals surface area contributed by atoms with E-state index in [0.29, 0.717) is 13.0 Å². The van der Waals surface area contributed by atoms with Crippen LogP contribution in [0.5, 0.6) is 5.75 Å². The van der Waals surface area contributed by atoms with E-state index in [1.54, 1.807) is 7.11 Å². The first-order chi connectivity index (χ1) is 13.2. The van der Waals surface area contributed by atoms with Gasteiger partial charge in [-0.15, -0.1) is 0 Å². The highest BCUT2D eigenvalue weighted by Gasteiger charge is 2.19. The van der Waals surface area contributed by atoms with Crippen LogP contribution in [0.4, 0.5) is 5.69 Å². The molecule has 0 spiro atoms. The van der Waals surface area contributed by atoms with Crippen molar-refractivity contribution in [2.45, 2.75) is 19.9 Å². The lowest BCUT2D eigenvalue weighted by Crippen LogP contribution is -2.47. The van der Waals surface area contributed by atoms with Gasteiger partial charge in [0.1, 0.15) is 5.75 Å². The molecule has 1 aliphatic rings. The van der Waals surface area contributed by atoms with Crippen molar-refractivity contribution in [1.82, 2.24) is 10.2 Å². The first kappa shape index (κ1) is 19.2. The van der Waals surface area contributed by atoms with Gasteiger partial charge in [0.05, 0.1) is 12.8 Å². The molecule has 0 radical (unpaired) electrons. The number of nitrogens with one attached hydrogen (secondary N) is 1. The molecule has 2 aromatic carbocycles. The third kappa shape index (κ3) is 5.47. The summed E-state index contributed by atoms with van der Waals surface area (Å²) in [5.41, 5.74) is 3.51. The smallest absolute Gasteiger partial charge is 0.221 e. The van der Waals surface area contributed by atoms with Gasteiger partial charge in [-0.2, -0.15) is 0 Å². The lowest BCUT2D eigenvalue weighted by molar-refractivity contribution is -0.121. The molecule has 0 aromatic heterocycles. The number of piperazine rings is 1. The van der Waals surface area contributed by atoms with E-state index in [1.165, 1.54) is 5.56 Å². The van der Waals surface area contributed by atoms with Crippen LogP contribution in [0.15, 0.2) is 48.5 Å². The summed E-state index contributed by atoms with van der Waals surface area (Å²) in [5, 5.41) is 3.02. The number of amides is 1. The summed E-state index contributed by atoms with van der Waals surface area (Å²) in [4.78, 5) is 16.9. The molecular weight excluding hydrogens is 338 g/mol. The Labute approximate surface area is 161 Å². The Balaban J connectivity index is 1.39. The zero-order valence-corrected chi connectivity index (χ0v) is 16.3. The van der Waals surface area contributed by atoms with Crippen molar-refractivity contribution in [2.75, 3.05) is 44.7 Å². The normalized spacial score (nSPS) is 14.8. The van der Waals surface area contributed by atoms with Crippen molar-refractivity contribution in [3.63, 3.8) is 0 Å². The fraction of sp³-hybridized carbons (Fsp3) is 0.409. The number of hydrogen-bond donors (Lipinski definition) is 1. The third-order valence-corrected chi connectivity index (χ3v) is 5.03. The highest BCUT2D eigenvalue weighted by molar-refractivity contribution is 5.76. The van der Waals surface area contributed by atoms with Gasteiger partial charge in [-0.05, 0) is 24.6 Å². The van der Waals surface area contributed by atoms with Gasteiger partial charge in [-0.25, -0.2) is 0 Å². The minimum atomic E-state index is 0.115. The predicted octanol–water partition coefficient (Wildman–Crippen LogP) is 2.83. The van der Waals surface area contributed by atoms with Crippen LogP contribution in [0.25, 0.3) is 0 Å². The lowest BCUT2D eigenvalue weighted by atomic mass is 10.1. The molecular formula is C22H29N3O2. The van der Waals surface area contributed by atoms with Crippen LogP contribution < -0.4 is 15.0 Å². The molecule has 1 aliphatic heterocycles. The molecule has 1 heterocycles. The first-order valence-corrected chi connectivity index (χ1v) is 9.58. The van der Waals surface area contributed by atoms with Crippen molar-refractivity contribution in [1.29, 1.82) is 0 Å². The lowest BCUT2D eigenvalue weighted by Gasteiger charge is -2.36. The van der Waals surface area contributed by atoms with E-state index in [4.69, 9.17) is 4.74 Å². The Kier molecular flexibility index (Phi) is 6.71. The molecule has 144 valence electrons. The second-order valence-corrected chi connectivity index (χ2v) is 7.02. The van der Waals surface area contributed by atoms with Crippen LogP contribution in [-0.4, -0.2) is 50.6 Å². The van der Waals surface area contributed by atoms with E-state index in [1.807, 2.05) is 30.3 Å². The Morgan fingerprint density at radius 3 is 2.59 bits per heavy atom. The van der Waals surface area contributed by atoms with E-state index in [-0.39, 0.29) is 5.91 Å². The van der Waals surface area contributed by atoms with Gasteiger partial charge in [-0.1, -0.05) is 42.0 Å². The number of carbonyl (C=O) groups excluding carboxylic acids is 1. The van der Waals surface area contributed by atoms with Crippen LogP contribution in [-0.2, 0) is 11.3 Å². The Bertz CT molecular complexity index is 755. The number of para-hydroxylation sites is 2. The second kappa shape index (κ2) is 9.42. The van der Waals surface area contributed by atoms with Gasteiger partial charge < -0.3 is 15.0 Å². The maximum absolute atomic E-state index is 12.1. The van der Waals surface area contributed by atoms with Crippen LogP contribution in [0, 0.1) is 6.92 Å². The summed E-state index contributed by atoms with van der Waals surface area (Å²) < 4.78 is 5.47. The molecule has 1 N–H and O–H groups in total. The summed E-state index contributed by atoms with van der Waals surface area (Å²) in [6.07, 6.45) is 0.542. The molecule has 27 heavy (non-hydrogen) atoms. The fourth-order valence-corrected chi connectivity index (χ4v) is 3.47. The molecule has 5 heteroatoms. The zero-order valence-electron chi connectivity index (χ0n) is 16.3. The molecule has 0 saturated carbocycles. The SMILES string of the molecule is COc1ccccc1N1CCN(CCC(=O)NCc2cccc(C)c2)CC1. The van der Waals surface area contributed by atoms with Gasteiger partial charge >= 0.3 is 0 Å². The second-order valence-electron chi connectivity index (χ2n) is 7.02. The van der Waals surface area contributed by atoms with Crippen LogP contribution in [0.1, 0.15) is 17.5 Å². The summed E-state index contributed by atoms with van der Waals surface area (Å²) in [7, 11) is 1.71. The van der Waals surface area contributed by atoms with Crippen molar-refractivity contribution >= 4 is 11.6 Å². The summed E-state index contributed by atoms with van der Waals surface area (Å²) in [6.45, 7) is 7.29. The third-order valence-electron chi connectivity index (χ3n) is 5.03. The molecule has 0 bridgehead atoms. The number of anilines is 1. The van der Waals surface area contributed by atoms with Gasteiger partial charge in [-0.3, -0.25) is 9.69 Å². The van der Waals surface area contributed by atoms with Crippen LogP contribution >= 0.6 is 0 Å². The van der Waals surface area contributed by atoms with E-state index in [9.17, 15) is 4.79 Å². The maximum Gasteiger partial charge on any atom is 0.221 e. The quantitative estimate of drug-likeness (QED) is 0.817. The first-order valence-electron chi connectivity index (χ1n) is 9.58.